The van der Waals surface area contributed by atoms with Gasteiger partial charge in [0.2, 0.25) is 0 Å². The summed E-state index contributed by atoms with van der Waals surface area (Å²) in [6.07, 6.45) is 0. The lowest BCUT2D eigenvalue weighted by atomic mass is 10.0. The largest absolute Gasteiger partial charge is 0.0842 e. The molecule has 2 heteroatoms. The molecule has 0 saturated carbocycles. The summed E-state index contributed by atoms with van der Waals surface area (Å²) in [7, 11) is 3.63. The van der Waals surface area contributed by atoms with Crippen LogP contribution in [-0.4, -0.2) is 0 Å². The fraction of sp³-hybridized carbons (Fsp3) is 0.500. The summed E-state index contributed by atoms with van der Waals surface area (Å²) < 4.78 is 0. The molecule has 0 aliphatic carbocycles. The Morgan fingerprint density at radius 2 is 1.90 bits per heavy atom. The van der Waals surface area contributed by atoms with Gasteiger partial charge in [-0.3, -0.25) is 0 Å². The van der Waals surface area contributed by atoms with Gasteiger partial charge >= 0.3 is 0 Å². The maximum atomic E-state index is 3.99. The van der Waals surface area contributed by atoms with Crippen LogP contribution in [0.2, 0.25) is 0 Å². The van der Waals surface area contributed by atoms with Gasteiger partial charge in [0.25, 0.3) is 0 Å². The number of rotatable bonds is 1. The van der Waals surface area contributed by atoms with Crippen molar-refractivity contribution >= 4 is 21.6 Å². The van der Waals surface area contributed by atoms with E-state index in [1.807, 2.05) is 10.8 Å². The Kier molecular flexibility index (Phi) is 2.53. The van der Waals surface area contributed by atoms with Gasteiger partial charge in [-0.05, 0) is 23.3 Å². The summed E-state index contributed by atoms with van der Waals surface area (Å²) >= 11 is 0. The SMILES string of the molecule is C=C1SSC(C)=C1C(C)C. The van der Waals surface area contributed by atoms with Crippen molar-refractivity contribution in [3.63, 3.8) is 0 Å². The van der Waals surface area contributed by atoms with Crippen molar-refractivity contribution in [3.8, 4) is 0 Å². The Bertz CT molecular complexity index is 189. The highest BCUT2D eigenvalue weighted by molar-refractivity contribution is 8.80. The molecule has 0 saturated heterocycles. The van der Waals surface area contributed by atoms with Crippen molar-refractivity contribution < 1.29 is 0 Å². The maximum absolute atomic E-state index is 3.99. The van der Waals surface area contributed by atoms with E-state index >= 15 is 0 Å². The molecular weight excluding hydrogens is 160 g/mol. The van der Waals surface area contributed by atoms with E-state index in [4.69, 9.17) is 0 Å². The molecule has 0 bridgehead atoms. The van der Waals surface area contributed by atoms with Crippen molar-refractivity contribution in [1.82, 2.24) is 0 Å². The third kappa shape index (κ3) is 1.43. The molecule has 0 nitrogen and oxygen atoms in total. The van der Waals surface area contributed by atoms with E-state index in [2.05, 4.69) is 27.4 Å². The van der Waals surface area contributed by atoms with Crippen LogP contribution in [-0.2, 0) is 0 Å². The molecule has 56 valence electrons. The molecule has 0 N–H and O–H groups in total. The second kappa shape index (κ2) is 3.05. The van der Waals surface area contributed by atoms with E-state index in [-0.39, 0.29) is 0 Å². The molecule has 0 fully saturated rings. The summed E-state index contributed by atoms with van der Waals surface area (Å²) in [5.41, 5.74) is 1.45. The first-order valence-corrected chi connectivity index (χ1v) is 5.52. The van der Waals surface area contributed by atoms with Crippen molar-refractivity contribution in [1.29, 1.82) is 0 Å². The van der Waals surface area contributed by atoms with Crippen LogP contribution >= 0.6 is 21.6 Å². The summed E-state index contributed by atoms with van der Waals surface area (Å²) in [5, 5.41) is 0. The fourth-order valence-corrected chi connectivity index (χ4v) is 3.56. The van der Waals surface area contributed by atoms with Crippen LogP contribution in [0.15, 0.2) is 22.0 Å². The van der Waals surface area contributed by atoms with E-state index < -0.39 is 0 Å². The van der Waals surface area contributed by atoms with Crippen LogP contribution in [0.3, 0.4) is 0 Å². The van der Waals surface area contributed by atoms with E-state index in [1.165, 1.54) is 15.4 Å². The van der Waals surface area contributed by atoms with Gasteiger partial charge in [0.05, 0.1) is 0 Å². The van der Waals surface area contributed by atoms with Gasteiger partial charge in [0.15, 0.2) is 0 Å². The smallest absolute Gasteiger partial charge is 0.0157 e. The van der Waals surface area contributed by atoms with E-state index in [0.29, 0.717) is 5.92 Å². The average Bonchev–Trinajstić information content (AvgIpc) is 2.11. The molecule has 0 radical (unpaired) electrons. The standard InChI is InChI=1S/C8H12S2/c1-5(2)8-6(3)9-10-7(8)4/h5H,3H2,1-2,4H3. The summed E-state index contributed by atoms with van der Waals surface area (Å²) in [6.45, 7) is 10.6. The lowest BCUT2D eigenvalue weighted by Gasteiger charge is -2.06. The van der Waals surface area contributed by atoms with Gasteiger partial charge in [0, 0.05) is 4.91 Å². The predicted octanol–water partition coefficient (Wildman–Crippen LogP) is 3.83. The minimum Gasteiger partial charge on any atom is -0.0842 e. The minimum atomic E-state index is 0.634. The zero-order chi connectivity index (χ0) is 7.72. The Morgan fingerprint density at radius 1 is 1.30 bits per heavy atom. The summed E-state index contributed by atoms with van der Waals surface area (Å²) in [4.78, 5) is 2.68. The molecule has 0 amide bonds. The zero-order valence-electron chi connectivity index (χ0n) is 6.60. The summed E-state index contributed by atoms with van der Waals surface area (Å²) in [6, 6.07) is 0. The molecule has 0 aromatic heterocycles. The molecule has 1 heterocycles. The van der Waals surface area contributed by atoms with Gasteiger partial charge in [0.1, 0.15) is 0 Å². The molecule has 1 rings (SSSR count). The van der Waals surface area contributed by atoms with Crippen LogP contribution in [0.4, 0.5) is 0 Å². The van der Waals surface area contributed by atoms with Crippen LogP contribution in [0.25, 0.3) is 0 Å². The highest BCUT2D eigenvalue weighted by atomic mass is 33.1. The van der Waals surface area contributed by atoms with Crippen LogP contribution in [0.5, 0.6) is 0 Å². The molecule has 0 aromatic carbocycles. The molecule has 1 aliphatic rings. The second-order valence-corrected chi connectivity index (χ2v) is 5.15. The van der Waals surface area contributed by atoms with Crippen LogP contribution < -0.4 is 0 Å². The van der Waals surface area contributed by atoms with Crippen molar-refractivity contribution in [2.75, 3.05) is 0 Å². The number of hydrogen-bond donors (Lipinski definition) is 0. The first kappa shape index (κ1) is 8.28. The molecule has 0 unspecified atom stereocenters. The van der Waals surface area contributed by atoms with Gasteiger partial charge in [-0.25, -0.2) is 0 Å². The second-order valence-electron chi connectivity index (χ2n) is 2.71. The van der Waals surface area contributed by atoms with Gasteiger partial charge in [-0.15, -0.1) is 0 Å². The Labute approximate surface area is 70.6 Å². The highest BCUT2D eigenvalue weighted by Crippen LogP contribution is 2.50. The van der Waals surface area contributed by atoms with Crippen LogP contribution in [0, 0.1) is 5.92 Å². The van der Waals surface area contributed by atoms with Gasteiger partial charge < -0.3 is 0 Å². The monoisotopic (exact) mass is 172 g/mol. The topological polar surface area (TPSA) is 0 Å². The maximum Gasteiger partial charge on any atom is 0.0157 e. The molecule has 1 aliphatic heterocycles. The van der Waals surface area contributed by atoms with Gasteiger partial charge in [-0.2, -0.15) is 0 Å². The van der Waals surface area contributed by atoms with Crippen molar-refractivity contribution in [3.05, 3.63) is 22.0 Å². The fourth-order valence-electron chi connectivity index (χ4n) is 1.13. The number of hydrogen-bond acceptors (Lipinski definition) is 2. The summed E-state index contributed by atoms with van der Waals surface area (Å²) in [5.74, 6) is 0.634. The first-order chi connectivity index (χ1) is 4.63. The van der Waals surface area contributed by atoms with Crippen molar-refractivity contribution in [2.24, 2.45) is 5.92 Å². The predicted molar refractivity (Wildman–Crippen MR) is 51.9 cm³/mol. The minimum absolute atomic E-state index is 0.634. The third-order valence-electron chi connectivity index (χ3n) is 1.52. The van der Waals surface area contributed by atoms with Gasteiger partial charge in [-0.1, -0.05) is 42.0 Å². The van der Waals surface area contributed by atoms with E-state index in [9.17, 15) is 0 Å². The average molecular weight is 172 g/mol. The van der Waals surface area contributed by atoms with Crippen molar-refractivity contribution in [2.45, 2.75) is 20.8 Å². The lowest BCUT2D eigenvalue weighted by Crippen LogP contribution is -1.92. The normalized spacial score (nSPS) is 19.4. The Balaban J connectivity index is 2.88. The molecular formula is C8H12S2. The Morgan fingerprint density at radius 3 is 2.10 bits per heavy atom. The quantitative estimate of drug-likeness (QED) is 0.551. The van der Waals surface area contributed by atoms with E-state index in [0.717, 1.165) is 0 Å². The zero-order valence-corrected chi connectivity index (χ0v) is 8.23. The highest BCUT2D eigenvalue weighted by Gasteiger charge is 2.18. The number of allylic oxidation sites excluding steroid dienone is 2. The molecule has 0 atom stereocenters. The van der Waals surface area contributed by atoms with E-state index in [1.54, 1.807) is 10.8 Å². The van der Waals surface area contributed by atoms with Crippen LogP contribution in [0.1, 0.15) is 20.8 Å². The molecule has 0 spiro atoms. The lowest BCUT2D eigenvalue weighted by molar-refractivity contribution is 0.786. The third-order valence-corrected chi connectivity index (χ3v) is 4.10. The molecule has 0 aromatic rings. The molecule has 10 heavy (non-hydrogen) atoms. The first-order valence-electron chi connectivity index (χ1n) is 3.37. The Hall–Kier alpha value is 0.180.